The van der Waals surface area contributed by atoms with Crippen LogP contribution in [0.3, 0.4) is 0 Å². The zero-order valence-electron chi connectivity index (χ0n) is 13.0. The molecular formula is C14H18ClNO6S2. The van der Waals surface area contributed by atoms with Crippen LogP contribution in [0.15, 0.2) is 23.1 Å². The lowest BCUT2D eigenvalue weighted by molar-refractivity contribution is 0.0590. The Balaban J connectivity index is 2.05. The number of hydrogen-bond donors (Lipinski definition) is 0. The monoisotopic (exact) mass is 395 g/mol. The van der Waals surface area contributed by atoms with Gasteiger partial charge in [0.25, 0.3) is 0 Å². The summed E-state index contributed by atoms with van der Waals surface area (Å²) in [6.45, 7) is 0.266. The molecule has 3 rings (SSSR count). The molecule has 1 aromatic carbocycles. The largest absolute Gasteiger partial charge is 0.495 e. The molecule has 2 heterocycles. The van der Waals surface area contributed by atoms with Gasteiger partial charge in [-0.3, -0.25) is 0 Å². The molecule has 2 fully saturated rings. The second-order valence-electron chi connectivity index (χ2n) is 5.75. The SMILES string of the molecule is COc1ccc(Cl)cc1S(=O)(=O)N1CCS(=O)(=O)[C@@H]2COCC[C@@H]21. The molecule has 10 heteroatoms. The minimum Gasteiger partial charge on any atom is -0.495 e. The molecule has 0 bridgehead atoms. The molecule has 2 aliphatic heterocycles. The summed E-state index contributed by atoms with van der Waals surface area (Å²) in [4.78, 5) is -0.0537. The highest BCUT2D eigenvalue weighted by molar-refractivity contribution is 7.92. The Morgan fingerprint density at radius 3 is 2.83 bits per heavy atom. The number of rotatable bonds is 3. The molecule has 0 saturated carbocycles. The molecule has 0 unspecified atom stereocenters. The average molecular weight is 396 g/mol. The van der Waals surface area contributed by atoms with Crippen molar-refractivity contribution >= 4 is 31.5 Å². The van der Waals surface area contributed by atoms with Gasteiger partial charge in [0.1, 0.15) is 15.9 Å². The van der Waals surface area contributed by atoms with E-state index in [9.17, 15) is 16.8 Å². The van der Waals surface area contributed by atoms with Crippen LogP contribution in [0.4, 0.5) is 0 Å². The smallest absolute Gasteiger partial charge is 0.247 e. The number of sulfone groups is 1. The van der Waals surface area contributed by atoms with Gasteiger partial charge in [-0.1, -0.05) is 11.6 Å². The Hall–Kier alpha value is -0.870. The number of halogens is 1. The maximum absolute atomic E-state index is 13.1. The summed E-state index contributed by atoms with van der Waals surface area (Å²) >= 11 is 5.95. The number of ether oxygens (including phenoxy) is 2. The normalized spacial score (nSPS) is 27.4. The molecule has 0 N–H and O–H groups in total. The molecule has 0 radical (unpaired) electrons. The van der Waals surface area contributed by atoms with E-state index in [-0.39, 0.29) is 34.6 Å². The van der Waals surface area contributed by atoms with Crippen molar-refractivity contribution in [2.45, 2.75) is 22.6 Å². The topological polar surface area (TPSA) is 90.0 Å². The van der Waals surface area contributed by atoms with Gasteiger partial charge in [-0.15, -0.1) is 0 Å². The standard InChI is InChI=1S/C14H18ClNO6S2/c1-21-12-3-2-10(15)8-13(12)24(19,20)16-5-7-23(17,18)14-9-22-6-4-11(14)16/h2-3,8,11,14H,4-7,9H2,1H3/t11-,14+/m0/s1. The van der Waals surface area contributed by atoms with Crippen molar-refractivity contribution in [3.8, 4) is 5.75 Å². The Bertz CT molecular complexity index is 839. The molecule has 24 heavy (non-hydrogen) atoms. The number of hydrogen-bond acceptors (Lipinski definition) is 6. The van der Waals surface area contributed by atoms with Gasteiger partial charge in [-0.2, -0.15) is 4.31 Å². The Morgan fingerprint density at radius 1 is 1.38 bits per heavy atom. The van der Waals surface area contributed by atoms with Crippen molar-refractivity contribution in [1.82, 2.24) is 4.31 Å². The molecule has 2 aliphatic rings. The predicted octanol–water partition coefficient (Wildman–Crippen LogP) is 0.925. The molecule has 0 spiro atoms. The second kappa shape index (κ2) is 6.45. The van der Waals surface area contributed by atoms with Gasteiger partial charge in [0.15, 0.2) is 9.84 Å². The third-order valence-electron chi connectivity index (χ3n) is 4.41. The van der Waals surface area contributed by atoms with E-state index < -0.39 is 31.2 Å². The molecule has 134 valence electrons. The maximum Gasteiger partial charge on any atom is 0.247 e. The van der Waals surface area contributed by atoms with Crippen molar-refractivity contribution in [3.63, 3.8) is 0 Å². The van der Waals surface area contributed by atoms with Crippen molar-refractivity contribution in [2.75, 3.05) is 32.6 Å². The summed E-state index contributed by atoms with van der Waals surface area (Å²) in [5.74, 6) is -0.0453. The summed E-state index contributed by atoms with van der Waals surface area (Å²) in [7, 11) is -5.94. The fourth-order valence-corrected chi connectivity index (χ4v) is 7.31. The summed E-state index contributed by atoms with van der Waals surface area (Å²) in [6, 6.07) is 3.72. The highest BCUT2D eigenvalue weighted by Gasteiger charge is 2.48. The van der Waals surface area contributed by atoms with E-state index >= 15 is 0 Å². The van der Waals surface area contributed by atoms with Crippen molar-refractivity contribution in [3.05, 3.63) is 23.2 Å². The van der Waals surface area contributed by atoms with Crippen LogP contribution < -0.4 is 4.74 Å². The van der Waals surface area contributed by atoms with Crippen molar-refractivity contribution in [2.24, 2.45) is 0 Å². The van der Waals surface area contributed by atoms with Crippen molar-refractivity contribution in [1.29, 1.82) is 0 Å². The molecule has 2 atom stereocenters. The number of methoxy groups -OCH3 is 1. The molecule has 7 nitrogen and oxygen atoms in total. The predicted molar refractivity (Wildman–Crippen MR) is 88.7 cm³/mol. The van der Waals surface area contributed by atoms with Gasteiger partial charge in [0.2, 0.25) is 10.0 Å². The Kier molecular flexibility index (Phi) is 4.82. The Morgan fingerprint density at radius 2 is 2.12 bits per heavy atom. The van der Waals surface area contributed by atoms with Gasteiger partial charge in [0, 0.05) is 24.2 Å². The van der Waals surface area contributed by atoms with Crippen LogP contribution >= 0.6 is 11.6 Å². The molecule has 1 aromatic rings. The summed E-state index contributed by atoms with van der Waals surface area (Å²) in [6.07, 6.45) is 0.339. The fourth-order valence-electron chi connectivity index (χ4n) is 3.18. The number of fused-ring (bicyclic) bond motifs is 1. The zero-order valence-corrected chi connectivity index (χ0v) is 15.4. The summed E-state index contributed by atoms with van der Waals surface area (Å²) < 4.78 is 62.4. The summed E-state index contributed by atoms with van der Waals surface area (Å²) in [5.41, 5.74) is 0. The van der Waals surface area contributed by atoms with Gasteiger partial charge >= 0.3 is 0 Å². The van der Waals surface area contributed by atoms with E-state index in [4.69, 9.17) is 21.1 Å². The van der Waals surface area contributed by atoms with Gasteiger partial charge in [0.05, 0.1) is 19.5 Å². The first-order chi connectivity index (χ1) is 11.3. The minimum absolute atomic E-state index is 0.0195. The number of benzene rings is 1. The first-order valence-electron chi connectivity index (χ1n) is 7.42. The van der Waals surface area contributed by atoms with Crippen LogP contribution in [0, 0.1) is 0 Å². The minimum atomic E-state index is -3.94. The molecule has 0 aliphatic carbocycles. The van der Waals surface area contributed by atoms with Crippen LogP contribution in [-0.4, -0.2) is 65.1 Å². The van der Waals surface area contributed by atoms with Crippen molar-refractivity contribution < 1.29 is 26.3 Å². The maximum atomic E-state index is 13.1. The van der Waals surface area contributed by atoms with Gasteiger partial charge < -0.3 is 9.47 Å². The first kappa shape index (κ1) is 17.9. The number of nitrogens with zero attached hydrogens (tertiary/aromatic N) is 1. The molecule has 2 saturated heterocycles. The highest BCUT2D eigenvalue weighted by atomic mass is 35.5. The van der Waals surface area contributed by atoms with E-state index in [0.29, 0.717) is 13.0 Å². The lowest BCUT2D eigenvalue weighted by atomic mass is 10.1. The van der Waals surface area contributed by atoms with Crippen LogP contribution in [0.5, 0.6) is 5.75 Å². The lowest BCUT2D eigenvalue weighted by Gasteiger charge is -2.42. The highest BCUT2D eigenvalue weighted by Crippen LogP contribution is 2.35. The third-order valence-corrected chi connectivity index (χ3v) is 8.71. The second-order valence-corrected chi connectivity index (χ2v) is 10.4. The van der Waals surface area contributed by atoms with Crippen LogP contribution in [-0.2, 0) is 24.6 Å². The first-order valence-corrected chi connectivity index (χ1v) is 11.0. The van der Waals surface area contributed by atoms with Gasteiger partial charge in [-0.05, 0) is 24.6 Å². The molecular weight excluding hydrogens is 378 g/mol. The van der Waals surface area contributed by atoms with Crippen LogP contribution in [0.25, 0.3) is 0 Å². The van der Waals surface area contributed by atoms with E-state index in [2.05, 4.69) is 0 Å². The summed E-state index contributed by atoms with van der Waals surface area (Å²) in [5, 5.41) is -0.567. The zero-order chi connectivity index (χ0) is 17.5. The third kappa shape index (κ3) is 3.03. The Labute approximate surface area is 146 Å². The van der Waals surface area contributed by atoms with E-state index in [1.165, 1.54) is 29.6 Å². The van der Waals surface area contributed by atoms with Gasteiger partial charge in [-0.25, -0.2) is 16.8 Å². The fraction of sp³-hybridized carbons (Fsp3) is 0.571. The van der Waals surface area contributed by atoms with E-state index in [1.807, 2.05) is 0 Å². The molecule has 0 aromatic heterocycles. The quantitative estimate of drug-likeness (QED) is 0.756. The van der Waals surface area contributed by atoms with Crippen LogP contribution in [0.2, 0.25) is 5.02 Å². The average Bonchev–Trinajstić information content (AvgIpc) is 2.54. The molecule has 0 amide bonds. The number of sulfonamides is 1. The van der Waals surface area contributed by atoms with E-state index in [1.54, 1.807) is 0 Å². The van der Waals surface area contributed by atoms with Crippen LogP contribution in [0.1, 0.15) is 6.42 Å². The van der Waals surface area contributed by atoms with E-state index in [0.717, 1.165) is 0 Å². The lowest BCUT2D eigenvalue weighted by Crippen LogP contribution is -2.60.